The monoisotopic (exact) mass is 266 g/mol. The molecule has 0 saturated heterocycles. The molecule has 0 unspecified atom stereocenters. The molecule has 1 aromatic carbocycles. The first-order valence-corrected chi connectivity index (χ1v) is 6.74. The predicted molar refractivity (Wildman–Crippen MR) is 77.8 cm³/mol. The zero-order valence-electron chi connectivity index (χ0n) is 12.9. The van der Waals surface area contributed by atoms with Crippen LogP contribution < -0.4 is 4.74 Å². The van der Waals surface area contributed by atoms with Gasteiger partial charge in [0.15, 0.2) is 6.29 Å². The smallest absolute Gasteiger partial charge is 0.191 e. The standard InChI is InChI=1S/C16H26O3/c1-7-12-8-9-14(13(10-12)16(2,3)4)19-11-15(17-5)18-6/h8-10,15H,7,11H2,1-6H3. The molecule has 108 valence electrons. The number of aryl methyl sites for hydroxylation is 1. The summed E-state index contributed by atoms with van der Waals surface area (Å²) in [5.74, 6) is 0.906. The molecule has 1 rings (SSSR count). The van der Waals surface area contributed by atoms with E-state index < -0.39 is 0 Å². The van der Waals surface area contributed by atoms with E-state index in [0.29, 0.717) is 6.61 Å². The minimum absolute atomic E-state index is 0.0517. The van der Waals surface area contributed by atoms with Crippen molar-refractivity contribution in [2.24, 2.45) is 0 Å². The zero-order valence-corrected chi connectivity index (χ0v) is 12.9. The van der Waals surface area contributed by atoms with Crippen LogP contribution in [0.4, 0.5) is 0 Å². The molecule has 0 aromatic heterocycles. The molecule has 0 spiro atoms. The molecule has 0 heterocycles. The Balaban J connectivity index is 2.93. The Labute approximate surface area is 116 Å². The molecule has 0 amide bonds. The van der Waals surface area contributed by atoms with E-state index in [2.05, 4.69) is 39.8 Å². The topological polar surface area (TPSA) is 27.7 Å². The molecule has 19 heavy (non-hydrogen) atoms. The van der Waals surface area contributed by atoms with Crippen molar-refractivity contribution < 1.29 is 14.2 Å². The summed E-state index contributed by atoms with van der Waals surface area (Å²) < 4.78 is 16.1. The van der Waals surface area contributed by atoms with E-state index in [4.69, 9.17) is 14.2 Å². The van der Waals surface area contributed by atoms with Crippen molar-refractivity contribution in [2.75, 3.05) is 20.8 Å². The second-order valence-corrected chi connectivity index (χ2v) is 5.65. The third kappa shape index (κ3) is 4.51. The first-order valence-electron chi connectivity index (χ1n) is 6.74. The van der Waals surface area contributed by atoms with E-state index >= 15 is 0 Å². The van der Waals surface area contributed by atoms with Crippen LogP contribution >= 0.6 is 0 Å². The first kappa shape index (κ1) is 16.0. The number of hydrogen-bond acceptors (Lipinski definition) is 3. The quantitative estimate of drug-likeness (QED) is 0.737. The van der Waals surface area contributed by atoms with Crippen LogP contribution in [-0.4, -0.2) is 27.1 Å². The van der Waals surface area contributed by atoms with Crippen LogP contribution in [0.25, 0.3) is 0 Å². The van der Waals surface area contributed by atoms with Crippen LogP contribution in [0.1, 0.15) is 38.8 Å². The molecule has 3 heteroatoms. The molecule has 3 nitrogen and oxygen atoms in total. The third-order valence-electron chi connectivity index (χ3n) is 3.16. The summed E-state index contributed by atoms with van der Waals surface area (Å²) in [6.07, 6.45) is 0.695. The van der Waals surface area contributed by atoms with Gasteiger partial charge in [-0.15, -0.1) is 0 Å². The van der Waals surface area contributed by atoms with Crippen molar-refractivity contribution in [3.8, 4) is 5.75 Å². The molecule has 0 atom stereocenters. The lowest BCUT2D eigenvalue weighted by Gasteiger charge is -2.24. The van der Waals surface area contributed by atoms with Crippen LogP contribution in [0.15, 0.2) is 18.2 Å². The third-order valence-corrected chi connectivity index (χ3v) is 3.16. The van der Waals surface area contributed by atoms with Gasteiger partial charge in [0.2, 0.25) is 0 Å². The average molecular weight is 266 g/mol. The van der Waals surface area contributed by atoms with Crippen molar-refractivity contribution in [3.05, 3.63) is 29.3 Å². The number of hydrogen-bond donors (Lipinski definition) is 0. The Bertz CT molecular complexity index is 389. The molecule has 0 bridgehead atoms. The minimum atomic E-state index is -0.335. The highest BCUT2D eigenvalue weighted by Gasteiger charge is 2.20. The summed E-state index contributed by atoms with van der Waals surface area (Å²) in [5.41, 5.74) is 2.60. The predicted octanol–water partition coefficient (Wildman–Crippen LogP) is 3.54. The molecule has 0 aliphatic rings. The number of rotatable bonds is 6. The van der Waals surface area contributed by atoms with E-state index in [0.717, 1.165) is 12.2 Å². The lowest BCUT2D eigenvalue weighted by Crippen LogP contribution is -2.23. The van der Waals surface area contributed by atoms with Gasteiger partial charge in [0.1, 0.15) is 12.4 Å². The largest absolute Gasteiger partial charge is 0.488 e. The Morgan fingerprint density at radius 1 is 1.11 bits per heavy atom. The zero-order chi connectivity index (χ0) is 14.5. The van der Waals surface area contributed by atoms with Crippen molar-refractivity contribution in [3.63, 3.8) is 0 Å². The molecule has 0 N–H and O–H groups in total. The summed E-state index contributed by atoms with van der Waals surface area (Å²) >= 11 is 0. The Kier molecular flexibility index (Phi) is 5.83. The van der Waals surface area contributed by atoms with Gasteiger partial charge in [-0.3, -0.25) is 0 Å². The highest BCUT2D eigenvalue weighted by atomic mass is 16.7. The second kappa shape index (κ2) is 6.92. The van der Waals surface area contributed by atoms with Crippen molar-refractivity contribution in [1.82, 2.24) is 0 Å². The molecule has 0 aliphatic carbocycles. The molecule has 0 saturated carbocycles. The maximum Gasteiger partial charge on any atom is 0.191 e. The molecular weight excluding hydrogens is 240 g/mol. The average Bonchev–Trinajstić information content (AvgIpc) is 2.39. The minimum Gasteiger partial charge on any atom is -0.488 e. The normalized spacial score (nSPS) is 11.9. The van der Waals surface area contributed by atoms with Crippen molar-refractivity contribution in [1.29, 1.82) is 0 Å². The van der Waals surface area contributed by atoms with Gasteiger partial charge >= 0.3 is 0 Å². The fraction of sp³-hybridized carbons (Fsp3) is 0.625. The van der Waals surface area contributed by atoms with Gasteiger partial charge in [-0.25, -0.2) is 0 Å². The van der Waals surface area contributed by atoms with Crippen LogP contribution in [0.5, 0.6) is 5.75 Å². The lowest BCUT2D eigenvalue weighted by molar-refractivity contribution is -0.122. The summed E-state index contributed by atoms with van der Waals surface area (Å²) in [6, 6.07) is 6.38. The highest BCUT2D eigenvalue weighted by molar-refractivity contribution is 5.41. The van der Waals surface area contributed by atoms with Gasteiger partial charge in [-0.05, 0) is 29.0 Å². The van der Waals surface area contributed by atoms with Gasteiger partial charge in [0, 0.05) is 14.2 Å². The Morgan fingerprint density at radius 3 is 2.21 bits per heavy atom. The SMILES string of the molecule is CCc1ccc(OCC(OC)OC)c(C(C)(C)C)c1. The summed E-state index contributed by atoms with van der Waals surface area (Å²) in [4.78, 5) is 0. The van der Waals surface area contributed by atoms with Gasteiger partial charge in [0.25, 0.3) is 0 Å². The highest BCUT2D eigenvalue weighted by Crippen LogP contribution is 2.32. The van der Waals surface area contributed by atoms with Crippen molar-refractivity contribution in [2.45, 2.75) is 45.8 Å². The maximum absolute atomic E-state index is 5.86. The Morgan fingerprint density at radius 2 is 1.74 bits per heavy atom. The van der Waals surface area contributed by atoms with E-state index in [-0.39, 0.29) is 11.7 Å². The fourth-order valence-electron chi connectivity index (χ4n) is 1.90. The van der Waals surface area contributed by atoms with Gasteiger partial charge < -0.3 is 14.2 Å². The van der Waals surface area contributed by atoms with Gasteiger partial charge in [-0.1, -0.05) is 39.8 Å². The fourth-order valence-corrected chi connectivity index (χ4v) is 1.90. The van der Waals surface area contributed by atoms with Crippen LogP contribution in [0.3, 0.4) is 0 Å². The second-order valence-electron chi connectivity index (χ2n) is 5.65. The summed E-state index contributed by atoms with van der Waals surface area (Å²) in [5, 5.41) is 0. The first-order chi connectivity index (χ1) is 8.92. The maximum atomic E-state index is 5.86. The van der Waals surface area contributed by atoms with Crippen LogP contribution in [0.2, 0.25) is 0 Å². The number of methoxy groups -OCH3 is 2. The van der Waals surface area contributed by atoms with E-state index in [9.17, 15) is 0 Å². The molecule has 0 fully saturated rings. The van der Waals surface area contributed by atoms with Crippen molar-refractivity contribution >= 4 is 0 Å². The van der Waals surface area contributed by atoms with E-state index in [1.165, 1.54) is 11.1 Å². The lowest BCUT2D eigenvalue weighted by atomic mass is 9.85. The summed E-state index contributed by atoms with van der Waals surface area (Å²) in [6.45, 7) is 9.13. The van der Waals surface area contributed by atoms with Crippen LogP contribution in [-0.2, 0) is 21.3 Å². The number of benzene rings is 1. The molecule has 1 aromatic rings. The molecular formula is C16H26O3. The van der Waals surface area contributed by atoms with Gasteiger partial charge in [-0.2, -0.15) is 0 Å². The molecule has 0 radical (unpaired) electrons. The Hall–Kier alpha value is -1.06. The van der Waals surface area contributed by atoms with Gasteiger partial charge in [0.05, 0.1) is 0 Å². The number of ether oxygens (including phenoxy) is 3. The summed E-state index contributed by atoms with van der Waals surface area (Å²) in [7, 11) is 3.23. The molecule has 0 aliphatic heterocycles. The van der Waals surface area contributed by atoms with E-state index in [1.807, 2.05) is 6.07 Å². The van der Waals surface area contributed by atoms with E-state index in [1.54, 1.807) is 14.2 Å². The van der Waals surface area contributed by atoms with Crippen LogP contribution in [0, 0.1) is 0 Å².